The minimum Gasteiger partial charge on any atom is -0.496 e. The molecule has 2 aromatic rings. The van der Waals surface area contributed by atoms with Crippen molar-refractivity contribution in [3.63, 3.8) is 0 Å². The van der Waals surface area contributed by atoms with Crippen molar-refractivity contribution in [1.82, 2.24) is 5.01 Å². The maximum Gasteiger partial charge on any atom is 0.285 e. The molecule has 0 amide bonds. The van der Waals surface area contributed by atoms with Crippen LogP contribution in [0, 0.1) is 10.1 Å². The molecule has 0 fully saturated rings. The molecule has 0 spiro atoms. The van der Waals surface area contributed by atoms with Gasteiger partial charge in [0.1, 0.15) is 10.6 Å². The van der Waals surface area contributed by atoms with Gasteiger partial charge in [0.2, 0.25) is 0 Å². The first-order valence-corrected chi connectivity index (χ1v) is 9.71. The van der Waals surface area contributed by atoms with Crippen molar-refractivity contribution in [2.24, 2.45) is 9.50 Å². The molecule has 11 heteroatoms. The lowest BCUT2D eigenvalue weighted by atomic mass is 10.2. The third kappa shape index (κ3) is 3.69. The Morgan fingerprint density at radius 3 is 2.67 bits per heavy atom. The topological polar surface area (TPSA) is 114 Å². The Labute approximate surface area is 163 Å². The van der Waals surface area contributed by atoms with E-state index in [2.05, 4.69) is 25.4 Å². The van der Waals surface area contributed by atoms with Gasteiger partial charge in [-0.05, 0) is 45.8 Å². The van der Waals surface area contributed by atoms with E-state index in [0.29, 0.717) is 5.75 Å². The fourth-order valence-electron chi connectivity index (χ4n) is 2.44. The van der Waals surface area contributed by atoms with Crippen molar-refractivity contribution >= 4 is 43.7 Å². The van der Waals surface area contributed by atoms with E-state index in [1.54, 1.807) is 32.4 Å². The van der Waals surface area contributed by atoms with Crippen LogP contribution in [0.25, 0.3) is 0 Å². The van der Waals surface area contributed by atoms with Crippen LogP contribution in [0.5, 0.6) is 5.75 Å². The molecule has 0 aromatic heterocycles. The van der Waals surface area contributed by atoms with Gasteiger partial charge in [0.15, 0.2) is 5.84 Å². The maximum atomic E-state index is 12.2. The summed E-state index contributed by atoms with van der Waals surface area (Å²) in [5, 5.41) is 16.4. The molecule has 0 saturated heterocycles. The van der Waals surface area contributed by atoms with Crippen molar-refractivity contribution < 1.29 is 18.1 Å². The second-order valence-electron chi connectivity index (χ2n) is 5.49. The first-order chi connectivity index (χ1) is 12.7. The van der Waals surface area contributed by atoms with Gasteiger partial charge in [-0.1, -0.05) is 0 Å². The number of hydrazone groups is 1. The lowest BCUT2D eigenvalue weighted by Crippen LogP contribution is -2.21. The average molecular weight is 453 g/mol. The fraction of sp³-hybridized carbons (Fsp3) is 0.125. The molecule has 140 valence electrons. The maximum absolute atomic E-state index is 12.2. The van der Waals surface area contributed by atoms with E-state index >= 15 is 0 Å². The molecule has 9 nitrogen and oxygen atoms in total. The molecule has 3 rings (SSSR count). The highest BCUT2D eigenvalue weighted by Crippen LogP contribution is 2.31. The molecule has 27 heavy (non-hydrogen) atoms. The SMILES string of the molecule is COc1ccc(C=NN(C)C2=NS(=O)(=O)c3cc([N+](=O)[O-])ccc32)cc1Br. The van der Waals surface area contributed by atoms with E-state index in [-0.39, 0.29) is 22.0 Å². The molecule has 1 aliphatic heterocycles. The van der Waals surface area contributed by atoms with E-state index in [0.717, 1.165) is 16.1 Å². The van der Waals surface area contributed by atoms with E-state index in [1.807, 2.05) is 0 Å². The number of methoxy groups -OCH3 is 1. The Hall–Kier alpha value is -2.79. The highest BCUT2D eigenvalue weighted by molar-refractivity contribution is 9.10. The number of fused-ring (bicyclic) bond motifs is 1. The molecule has 1 aliphatic rings. The molecule has 0 N–H and O–H groups in total. The van der Waals surface area contributed by atoms with Crippen LogP contribution >= 0.6 is 15.9 Å². The van der Waals surface area contributed by atoms with Gasteiger partial charge in [0, 0.05) is 24.7 Å². The van der Waals surface area contributed by atoms with Gasteiger partial charge >= 0.3 is 0 Å². The molecule has 0 atom stereocenters. The number of amidine groups is 1. The van der Waals surface area contributed by atoms with Crippen LogP contribution < -0.4 is 4.74 Å². The number of benzene rings is 2. The van der Waals surface area contributed by atoms with Gasteiger partial charge in [0.05, 0.1) is 22.7 Å². The number of nitro benzene ring substituents is 1. The van der Waals surface area contributed by atoms with Crippen LogP contribution in [-0.4, -0.2) is 44.6 Å². The Kier molecular flexibility index (Phi) is 4.98. The minimum absolute atomic E-state index is 0.0868. The number of nitro groups is 1. The number of hydrogen-bond donors (Lipinski definition) is 0. The van der Waals surface area contributed by atoms with Crippen molar-refractivity contribution in [2.45, 2.75) is 4.90 Å². The third-order valence-corrected chi connectivity index (χ3v) is 5.69. The Morgan fingerprint density at radius 1 is 1.30 bits per heavy atom. The van der Waals surface area contributed by atoms with Crippen LogP contribution in [0.15, 0.2) is 55.3 Å². The summed E-state index contributed by atoms with van der Waals surface area (Å²) in [7, 11) is -0.911. The molecular weight excluding hydrogens is 440 g/mol. The molecule has 0 bridgehead atoms. The Bertz CT molecular complexity index is 1100. The predicted octanol–water partition coefficient (Wildman–Crippen LogP) is 2.78. The minimum atomic E-state index is -4.01. The second kappa shape index (κ2) is 7.08. The zero-order valence-corrected chi connectivity index (χ0v) is 16.6. The van der Waals surface area contributed by atoms with E-state index < -0.39 is 14.9 Å². The zero-order chi connectivity index (χ0) is 19.8. The molecule has 0 aliphatic carbocycles. The number of nitrogens with zero attached hydrogens (tertiary/aromatic N) is 4. The first kappa shape index (κ1) is 19.0. The van der Waals surface area contributed by atoms with Crippen molar-refractivity contribution in [3.8, 4) is 5.75 Å². The van der Waals surface area contributed by atoms with Crippen LogP contribution in [0.1, 0.15) is 11.1 Å². The summed E-state index contributed by atoms with van der Waals surface area (Å²) in [4.78, 5) is 10.0. The monoisotopic (exact) mass is 452 g/mol. The standard InChI is InChI=1S/C16H13BrN4O5S/c1-20(18-9-10-3-6-14(26-2)13(17)7-10)16-12-5-4-11(21(22)23)8-15(12)27(24,25)19-16/h3-9H,1-2H3. The van der Waals surface area contributed by atoms with Gasteiger partial charge in [-0.25, -0.2) is 5.01 Å². The normalized spacial score (nSPS) is 14.7. The number of ether oxygens (including phenoxy) is 1. The lowest BCUT2D eigenvalue weighted by Gasteiger charge is -2.12. The Morgan fingerprint density at radius 2 is 2.04 bits per heavy atom. The molecule has 2 aromatic carbocycles. The van der Waals surface area contributed by atoms with Gasteiger partial charge in [0.25, 0.3) is 15.7 Å². The molecule has 0 saturated carbocycles. The van der Waals surface area contributed by atoms with Crippen molar-refractivity contribution in [1.29, 1.82) is 0 Å². The second-order valence-corrected chi connectivity index (χ2v) is 7.92. The summed E-state index contributed by atoms with van der Waals surface area (Å²) in [5.41, 5.74) is 0.694. The zero-order valence-electron chi connectivity index (χ0n) is 14.2. The number of non-ortho nitro benzene ring substituents is 1. The van der Waals surface area contributed by atoms with Gasteiger partial charge in [-0.2, -0.15) is 13.5 Å². The largest absolute Gasteiger partial charge is 0.496 e. The molecule has 1 heterocycles. The summed E-state index contributed by atoms with van der Waals surface area (Å²) in [6.45, 7) is 0. The molecular formula is C16H13BrN4O5S. The van der Waals surface area contributed by atoms with Gasteiger partial charge in [-0.15, -0.1) is 4.40 Å². The van der Waals surface area contributed by atoms with Gasteiger partial charge < -0.3 is 4.74 Å². The smallest absolute Gasteiger partial charge is 0.285 e. The summed E-state index contributed by atoms with van der Waals surface area (Å²) in [5.74, 6) is 0.756. The third-order valence-electron chi connectivity index (χ3n) is 3.76. The number of rotatable bonds is 4. The van der Waals surface area contributed by atoms with E-state index in [4.69, 9.17) is 4.74 Å². The Balaban J connectivity index is 1.91. The van der Waals surface area contributed by atoms with Crippen LogP contribution in [-0.2, 0) is 10.0 Å². The summed E-state index contributed by atoms with van der Waals surface area (Å²) >= 11 is 3.38. The predicted molar refractivity (Wildman–Crippen MR) is 103 cm³/mol. The quantitative estimate of drug-likeness (QED) is 0.400. The average Bonchev–Trinajstić information content (AvgIpc) is 2.90. The number of sulfonamides is 1. The summed E-state index contributed by atoms with van der Waals surface area (Å²) < 4.78 is 34.0. The van der Waals surface area contributed by atoms with Crippen LogP contribution in [0.4, 0.5) is 5.69 Å². The number of halogens is 1. The van der Waals surface area contributed by atoms with Crippen molar-refractivity contribution in [2.75, 3.05) is 14.2 Å². The van der Waals surface area contributed by atoms with Crippen LogP contribution in [0.3, 0.4) is 0 Å². The van der Waals surface area contributed by atoms with E-state index in [1.165, 1.54) is 23.4 Å². The number of hydrogen-bond acceptors (Lipinski definition) is 7. The first-order valence-electron chi connectivity index (χ1n) is 7.48. The van der Waals surface area contributed by atoms with Gasteiger partial charge in [-0.3, -0.25) is 10.1 Å². The molecule has 0 unspecified atom stereocenters. The fourth-order valence-corrected chi connectivity index (χ4v) is 4.25. The highest BCUT2D eigenvalue weighted by atomic mass is 79.9. The summed E-state index contributed by atoms with van der Waals surface area (Å²) in [6, 6.07) is 8.92. The van der Waals surface area contributed by atoms with E-state index in [9.17, 15) is 18.5 Å². The lowest BCUT2D eigenvalue weighted by molar-refractivity contribution is -0.385. The molecule has 0 radical (unpaired) electrons. The van der Waals surface area contributed by atoms with Crippen molar-refractivity contribution in [3.05, 3.63) is 62.1 Å². The summed E-state index contributed by atoms with van der Waals surface area (Å²) in [6.07, 6.45) is 1.53. The highest BCUT2D eigenvalue weighted by Gasteiger charge is 2.32. The van der Waals surface area contributed by atoms with Crippen LogP contribution in [0.2, 0.25) is 0 Å².